The zero-order valence-electron chi connectivity index (χ0n) is 24.0. The van der Waals surface area contributed by atoms with Gasteiger partial charge in [-0.3, -0.25) is 4.79 Å². The SMILES string of the molecule is O=C([C@@H]1C[NH2+]C[C@]12CCCc1nc(C(F)F)sc12)N1CC[C@@H](c2ccccc2)C[C@H]1C1CCCCC1.O=C([O-])C(F)(F)F. The Kier molecular flexibility index (Phi) is 9.75. The molecule has 236 valence electrons. The number of nitrogens with zero attached hydrogens (tertiary/aromatic N) is 2. The Hall–Kier alpha value is -2.60. The minimum Gasteiger partial charge on any atom is -0.542 e. The van der Waals surface area contributed by atoms with Crippen LogP contribution in [0.1, 0.15) is 91.3 Å². The topological polar surface area (TPSA) is 89.9 Å². The summed E-state index contributed by atoms with van der Waals surface area (Å²) in [6.45, 7) is 2.38. The highest BCUT2D eigenvalue weighted by atomic mass is 32.1. The van der Waals surface area contributed by atoms with E-state index in [0.717, 1.165) is 62.3 Å². The van der Waals surface area contributed by atoms with Gasteiger partial charge in [-0.05, 0) is 62.3 Å². The first-order valence-corrected chi connectivity index (χ1v) is 16.1. The van der Waals surface area contributed by atoms with Gasteiger partial charge in [-0.25, -0.2) is 13.8 Å². The van der Waals surface area contributed by atoms with Crippen LogP contribution in [0.3, 0.4) is 0 Å². The van der Waals surface area contributed by atoms with Crippen molar-refractivity contribution in [3.8, 4) is 0 Å². The third kappa shape index (κ3) is 6.74. The van der Waals surface area contributed by atoms with E-state index < -0.39 is 18.6 Å². The number of benzene rings is 1. The van der Waals surface area contributed by atoms with E-state index in [0.29, 0.717) is 11.8 Å². The highest BCUT2D eigenvalue weighted by molar-refractivity contribution is 7.12. The molecule has 43 heavy (non-hydrogen) atoms. The van der Waals surface area contributed by atoms with Crippen molar-refractivity contribution in [3.63, 3.8) is 0 Å². The average Bonchev–Trinajstić information content (AvgIpc) is 3.64. The molecule has 1 saturated carbocycles. The molecule has 0 radical (unpaired) electrons. The van der Waals surface area contributed by atoms with Gasteiger partial charge in [-0.15, -0.1) is 11.3 Å². The van der Waals surface area contributed by atoms with E-state index in [-0.39, 0.29) is 28.3 Å². The third-order valence-electron chi connectivity index (χ3n) is 9.89. The van der Waals surface area contributed by atoms with Gasteiger partial charge in [-0.2, -0.15) is 13.2 Å². The molecule has 4 atom stereocenters. The van der Waals surface area contributed by atoms with Crippen molar-refractivity contribution in [2.75, 3.05) is 19.6 Å². The fourth-order valence-electron chi connectivity index (χ4n) is 7.91. The molecule has 1 aromatic carbocycles. The first kappa shape index (κ1) is 31.8. The molecular formula is C31H38F5N3O3S. The molecule has 0 unspecified atom stereocenters. The van der Waals surface area contributed by atoms with Crippen LogP contribution in [0.4, 0.5) is 22.0 Å². The molecule has 3 fully saturated rings. The Morgan fingerprint density at radius 1 is 1.07 bits per heavy atom. The molecule has 4 aliphatic rings. The number of aryl methyl sites for hydroxylation is 1. The maximum absolute atomic E-state index is 14.5. The molecule has 2 aliphatic carbocycles. The molecule has 2 aliphatic heterocycles. The van der Waals surface area contributed by atoms with E-state index in [4.69, 9.17) is 9.90 Å². The number of aromatic nitrogens is 1. The summed E-state index contributed by atoms with van der Waals surface area (Å²) >= 11 is 1.18. The van der Waals surface area contributed by atoms with Gasteiger partial charge in [0.05, 0.1) is 24.2 Å². The van der Waals surface area contributed by atoms with E-state index >= 15 is 0 Å². The molecule has 6 rings (SSSR count). The van der Waals surface area contributed by atoms with Crippen LogP contribution in [0.5, 0.6) is 0 Å². The van der Waals surface area contributed by atoms with Crippen LogP contribution in [0.15, 0.2) is 30.3 Å². The number of fused-ring (bicyclic) bond motifs is 2. The quantitative estimate of drug-likeness (QED) is 0.506. The highest BCUT2D eigenvalue weighted by Gasteiger charge is 2.56. The molecule has 0 bridgehead atoms. The van der Waals surface area contributed by atoms with Crippen LogP contribution in [0.2, 0.25) is 0 Å². The molecule has 2 aromatic rings. The third-order valence-corrected chi connectivity index (χ3v) is 11.2. The van der Waals surface area contributed by atoms with Crippen LogP contribution in [-0.4, -0.2) is 53.6 Å². The van der Waals surface area contributed by atoms with Crippen molar-refractivity contribution in [3.05, 3.63) is 51.5 Å². The summed E-state index contributed by atoms with van der Waals surface area (Å²) in [6, 6.07) is 11.1. The summed E-state index contributed by atoms with van der Waals surface area (Å²) in [6.07, 6.45) is 3.19. The number of carbonyl (C=O) groups is 2. The number of carboxylic acid groups (broad SMARTS) is 1. The van der Waals surface area contributed by atoms with E-state index in [1.807, 2.05) is 0 Å². The molecule has 2 saturated heterocycles. The van der Waals surface area contributed by atoms with Gasteiger partial charge in [0.15, 0.2) is 5.01 Å². The number of halogens is 5. The van der Waals surface area contributed by atoms with Crippen molar-refractivity contribution in [2.45, 2.75) is 94.2 Å². The molecule has 1 amide bonds. The largest absolute Gasteiger partial charge is 0.542 e. The molecule has 12 heteroatoms. The zero-order chi connectivity index (χ0) is 30.8. The average molecular weight is 628 g/mol. The van der Waals surface area contributed by atoms with Gasteiger partial charge >= 0.3 is 6.18 Å². The van der Waals surface area contributed by atoms with Crippen LogP contribution in [0, 0.1) is 11.8 Å². The molecule has 3 heterocycles. The highest BCUT2D eigenvalue weighted by Crippen LogP contribution is 2.49. The van der Waals surface area contributed by atoms with Gasteiger partial charge in [0.25, 0.3) is 6.43 Å². The maximum atomic E-state index is 14.5. The van der Waals surface area contributed by atoms with E-state index in [1.54, 1.807) is 0 Å². The van der Waals surface area contributed by atoms with Crippen LogP contribution in [-0.2, 0) is 21.4 Å². The second-order valence-corrected chi connectivity index (χ2v) is 13.4. The van der Waals surface area contributed by atoms with Crippen molar-refractivity contribution in [1.29, 1.82) is 0 Å². The van der Waals surface area contributed by atoms with Crippen molar-refractivity contribution in [2.24, 2.45) is 11.8 Å². The Labute approximate surface area is 252 Å². The number of nitrogens with two attached hydrogens (primary N) is 1. The first-order chi connectivity index (χ1) is 20.5. The molecule has 1 spiro atoms. The zero-order valence-corrected chi connectivity index (χ0v) is 24.8. The fraction of sp³-hybridized carbons (Fsp3) is 0.645. The van der Waals surface area contributed by atoms with E-state index in [1.165, 1.54) is 49.0 Å². The van der Waals surface area contributed by atoms with E-state index in [9.17, 15) is 26.7 Å². The number of thiazole rings is 1. The summed E-state index contributed by atoms with van der Waals surface area (Å²) in [7, 11) is 0. The van der Waals surface area contributed by atoms with Gasteiger partial charge in [0, 0.05) is 17.5 Å². The Bertz CT molecular complexity index is 1270. The lowest BCUT2D eigenvalue weighted by atomic mass is 9.68. The number of carbonyl (C=O) groups excluding carboxylic acids is 2. The van der Waals surface area contributed by atoms with Gasteiger partial charge < -0.3 is 20.1 Å². The number of piperidine rings is 1. The van der Waals surface area contributed by atoms with Gasteiger partial charge in [0.2, 0.25) is 5.91 Å². The number of hydrogen-bond donors (Lipinski definition) is 1. The fourth-order valence-corrected chi connectivity index (χ4v) is 9.16. The molecular weight excluding hydrogens is 589 g/mol. The van der Waals surface area contributed by atoms with Crippen molar-refractivity contribution in [1.82, 2.24) is 9.88 Å². The summed E-state index contributed by atoms with van der Waals surface area (Å²) in [5, 5.41) is 11.0. The smallest absolute Gasteiger partial charge is 0.430 e. The van der Waals surface area contributed by atoms with Crippen molar-refractivity contribution >= 4 is 23.2 Å². The normalized spacial score (nSPS) is 28.0. The lowest BCUT2D eigenvalue weighted by molar-refractivity contribution is -0.640. The molecule has 2 N–H and O–H groups in total. The minimum absolute atomic E-state index is 0.0665. The summed E-state index contributed by atoms with van der Waals surface area (Å²) in [5.74, 6) is -1.78. The maximum Gasteiger partial charge on any atom is 0.430 e. The number of likely N-dealkylation sites (tertiary alicyclic amines) is 1. The van der Waals surface area contributed by atoms with Gasteiger partial charge in [-0.1, -0.05) is 49.6 Å². The molecule has 6 nitrogen and oxygen atoms in total. The van der Waals surface area contributed by atoms with Crippen LogP contribution in [0.25, 0.3) is 0 Å². The van der Waals surface area contributed by atoms with Crippen LogP contribution < -0.4 is 10.4 Å². The summed E-state index contributed by atoms with van der Waals surface area (Å²) in [4.78, 5) is 30.8. The lowest BCUT2D eigenvalue weighted by Gasteiger charge is -2.47. The number of alkyl halides is 5. The molecule has 1 aromatic heterocycles. The number of aliphatic carboxylic acids is 1. The number of carboxylic acids is 1. The summed E-state index contributed by atoms with van der Waals surface area (Å²) < 4.78 is 58.7. The monoisotopic (exact) mass is 627 g/mol. The Morgan fingerprint density at radius 2 is 1.77 bits per heavy atom. The standard InChI is InChI=1S/C29H37F2N3OS.C2HF3O2/c30-26(31)27-33-23-12-7-14-29(25(23)36-27)18-32-17-22(29)28(35)34-15-13-21(19-8-3-1-4-9-19)16-24(34)20-10-5-2-6-11-20;3-2(4,5)1(6)7/h1,3-4,8-9,20-22,24,26,32H,2,5-7,10-18H2;(H,6,7)/t21-,22+,24+,29-;/m1./s1. The second kappa shape index (κ2) is 13.2. The van der Waals surface area contributed by atoms with Gasteiger partial charge in [0.1, 0.15) is 11.9 Å². The number of rotatable bonds is 4. The minimum atomic E-state index is -5.19. The number of hydrogen-bond acceptors (Lipinski definition) is 5. The first-order valence-electron chi connectivity index (χ1n) is 15.2. The van der Waals surface area contributed by atoms with Crippen LogP contribution >= 0.6 is 11.3 Å². The lowest BCUT2D eigenvalue weighted by Crippen LogP contribution is -2.82. The number of quaternary nitrogens is 1. The summed E-state index contributed by atoms with van der Waals surface area (Å²) in [5.41, 5.74) is 1.90. The Morgan fingerprint density at radius 3 is 2.42 bits per heavy atom. The predicted octanol–water partition coefficient (Wildman–Crippen LogP) is 4.50. The predicted molar refractivity (Wildman–Crippen MR) is 148 cm³/mol. The number of amides is 1. The van der Waals surface area contributed by atoms with E-state index in [2.05, 4.69) is 45.5 Å². The Balaban J connectivity index is 0.000000472. The second-order valence-electron chi connectivity index (χ2n) is 12.3. The van der Waals surface area contributed by atoms with Crippen molar-refractivity contribution < 1.29 is 42.0 Å².